The average molecular weight is 413 g/mol. The van der Waals surface area contributed by atoms with Crippen LogP contribution in [-0.4, -0.2) is 34.7 Å². The van der Waals surface area contributed by atoms with Gasteiger partial charge in [0.05, 0.1) is 23.4 Å². The van der Waals surface area contributed by atoms with Crippen LogP contribution in [-0.2, 0) is 19.1 Å². The number of ether oxygens (including phenoxy) is 1. The molecule has 6 heteroatoms. The van der Waals surface area contributed by atoms with Crippen LogP contribution < -0.4 is 0 Å². The van der Waals surface area contributed by atoms with Crippen LogP contribution in [0.2, 0.25) is 0 Å². The quantitative estimate of drug-likeness (QED) is 0.315. The molecule has 1 fully saturated rings. The lowest BCUT2D eigenvalue weighted by molar-refractivity contribution is -0.186. The molecular formula is C23H40O6. The van der Waals surface area contributed by atoms with Gasteiger partial charge in [-0.2, -0.15) is 0 Å². The summed E-state index contributed by atoms with van der Waals surface area (Å²) < 4.78 is 5.65. The van der Waals surface area contributed by atoms with Gasteiger partial charge < -0.3 is 14.9 Å². The number of aliphatic carboxylic acids is 2. The van der Waals surface area contributed by atoms with Crippen LogP contribution in [0.3, 0.4) is 0 Å². The molecule has 2 N–H and O–H groups in total. The van der Waals surface area contributed by atoms with Gasteiger partial charge in [-0.1, -0.05) is 53.4 Å². The molecule has 1 saturated carbocycles. The number of esters is 1. The van der Waals surface area contributed by atoms with Gasteiger partial charge in [-0.3, -0.25) is 14.4 Å². The normalized spacial score (nSPS) is 24.1. The lowest BCUT2D eigenvalue weighted by atomic mass is 9.53. The molecule has 0 amide bonds. The van der Waals surface area contributed by atoms with Gasteiger partial charge in [0.25, 0.3) is 0 Å². The van der Waals surface area contributed by atoms with E-state index in [0.29, 0.717) is 25.4 Å². The van der Waals surface area contributed by atoms with E-state index in [1.54, 1.807) is 0 Å². The number of carbonyl (C=O) groups is 3. The van der Waals surface area contributed by atoms with E-state index in [1.807, 2.05) is 6.92 Å². The molecule has 0 spiro atoms. The molecule has 0 aromatic heterocycles. The molecule has 0 aromatic rings. The molecule has 0 heterocycles. The first-order chi connectivity index (χ1) is 13.7. The first kappa shape index (κ1) is 25.4. The van der Waals surface area contributed by atoms with Crippen molar-refractivity contribution in [1.82, 2.24) is 0 Å². The van der Waals surface area contributed by atoms with E-state index >= 15 is 0 Å². The zero-order chi connectivity index (χ0) is 22.1. The molecule has 1 aliphatic rings. The third kappa shape index (κ3) is 5.95. The predicted molar refractivity (Wildman–Crippen MR) is 112 cm³/mol. The third-order valence-corrected chi connectivity index (χ3v) is 6.89. The fourth-order valence-corrected chi connectivity index (χ4v) is 4.83. The summed E-state index contributed by atoms with van der Waals surface area (Å²) in [7, 11) is 0. The van der Waals surface area contributed by atoms with Gasteiger partial charge >= 0.3 is 17.9 Å². The zero-order valence-corrected chi connectivity index (χ0v) is 18.7. The molecular weight excluding hydrogens is 372 g/mol. The van der Waals surface area contributed by atoms with Crippen LogP contribution in [0, 0.1) is 22.7 Å². The number of unbranched alkanes of at least 4 members (excludes halogenated alkanes) is 3. The van der Waals surface area contributed by atoms with Crippen molar-refractivity contribution in [3.05, 3.63) is 0 Å². The second-order valence-electron chi connectivity index (χ2n) is 9.06. The topological polar surface area (TPSA) is 101 Å². The Morgan fingerprint density at radius 3 is 2.14 bits per heavy atom. The maximum Gasteiger partial charge on any atom is 0.313 e. The van der Waals surface area contributed by atoms with Crippen LogP contribution in [0.15, 0.2) is 0 Å². The van der Waals surface area contributed by atoms with E-state index in [4.69, 9.17) is 4.74 Å². The Morgan fingerprint density at radius 1 is 1.07 bits per heavy atom. The fraction of sp³-hybridized carbons (Fsp3) is 0.870. The van der Waals surface area contributed by atoms with Gasteiger partial charge in [-0.25, -0.2) is 0 Å². The number of hydrogen-bond donors (Lipinski definition) is 2. The predicted octanol–water partition coefficient (Wildman–Crippen LogP) is 5.29. The summed E-state index contributed by atoms with van der Waals surface area (Å²) in [5, 5.41) is 19.6. The Morgan fingerprint density at radius 2 is 1.69 bits per heavy atom. The Balaban J connectivity index is 3.20. The minimum absolute atomic E-state index is 0.209. The molecule has 0 saturated heterocycles. The summed E-state index contributed by atoms with van der Waals surface area (Å²) >= 11 is 0. The fourth-order valence-electron chi connectivity index (χ4n) is 4.83. The smallest absolute Gasteiger partial charge is 0.313 e. The van der Waals surface area contributed by atoms with Crippen molar-refractivity contribution in [3.63, 3.8) is 0 Å². The molecule has 6 nitrogen and oxygen atoms in total. The highest BCUT2D eigenvalue weighted by Crippen LogP contribution is 2.56. The van der Waals surface area contributed by atoms with Gasteiger partial charge in [-0.15, -0.1) is 0 Å². The van der Waals surface area contributed by atoms with E-state index in [9.17, 15) is 24.6 Å². The second kappa shape index (κ2) is 11.6. The minimum atomic E-state index is -1.26. The average Bonchev–Trinajstić information content (AvgIpc) is 2.67. The summed E-state index contributed by atoms with van der Waals surface area (Å²) in [6.45, 7) is 8.38. The molecule has 0 aliphatic heterocycles. The lowest BCUT2D eigenvalue weighted by Gasteiger charge is -2.49. The van der Waals surface area contributed by atoms with Gasteiger partial charge in [0.15, 0.2) is 0 Å². The Hall–Kier alpha value is -1.59. The van der Waals surface area contributed by atoms with Gasteiger partial charge in [-0.05, 0) is 50.9 Å². The Kier molecular flexibility index (Phi) is 10.1. The van der Waals surface area contributed by atoms with Crippen molar-refractivity contribution in [2.75, 3.05) is 6.61 Å². The van der Waals surface area contributed by atoms with Crippen LogP contribution in [0.5, 0.6) is 0 Å². The summed E-state index contributed by atoms with van der Waals surface area (Å²) in [6, 6.07) is 0. The molecule has 168 valence electrons. The highest BCUT2D eigenvalue weighted by molar-refractivity contribution is 5.88. The monoisotopic (exact) mass is 412 g/mol. The van der Waals surface area contributed by atoms with Gasteiger partial charge in [0, 0.05) is 0 Å². The van der Waals surface area contributed by atoms with Gasteiger partial charge in [0.1, 0.15) is 0 Å². The van der Waals surface area contributed by atoms with Crippen LogP contribution >= 0.6 is 0 Å². The van der Waals surface area contributed by atoms with E-state index < -0.39 is 34.7 Å². The number of carboxylic acid groups (broad SMARTS) is 2. The van der Waals surface area contributed by atoms with E-state index in [0.717, 1.165) is 32.1 Å². The first-order valence-electron chi connectivity index (χ1n) is 11.3. The first-order valence-corrected chi connectivity index (χ1v) is 11.3. The largest absolute Gasteiger partial charge is 0.481 e. The number of carbonyl (C=O) groups excluding carboxylic acids is 1. The van der Waals surface area contributed by atoms with Crippen LogP contribution in [0.25, 0.3) is 0 Å². The third-order valence-electron chi connectivity index (χ3n) is 6.89. The zero-order valence-electron chi connectivity index (χ0n) is 18.7. The highest BCUT2D eigenvalue weighted by atomic mass is 16.5. The minimum Gasteiger partial charge on any atom is -0.481 e. The Bertz CT molecular complexity index is 548. The molecule has 0 aromatic carbocycles. The molecule has 1 rings (SSSR count). The lowest BCUT2D eigenvalue weighted by Crippen LogP contribution is -2.55. The summed E-state index contributed by atoms with van der Waals surface area (Å²) in [5.41, 5.74) is -2.36. The molecule has 29 heavy (non-hydrogen) atoms. The van der Waals surface area contributed by atoms with Gasteiger partial charge in [0.2, 0.25) is 0 Å². The molecule has 1 aliphatic carbocycles. The second-order valence-corrected chi connectivity index (χ2v) is 9.06. The Labute approximate surface area is 175 Å². The summed E-state index contributed by atoms with van der Waals surface area (Å²) in [5.74, 6) is -2.42. The standard InChI is InChI=1S/C23H40O6/c1-5-7-8-9-13-22(6-2,21(28)29-16-12-17(3)4)23(20(26)27)14-10-18(11-15-23)19(24)25/h17-18H,5-16H2,1-4H3,(H,24,25)(H,26,27). The number of hydrogen-bond acceptors (Lipinski definition) is 4. The van der Waals surface area contributed by atoms with Crippen molar-refractivity contribution in [1.29, 1.82) is 0 Å². The van der Waals surface area contributed by atoms with Crippen molar-refractivity contribution in [2.45, 2.75) is 98.3 Å². The summed E-state index contributed by atoms with van der Waals surface area (Å²) in [6.07, 6.45) is 6.44. The van der Waals surface area contributed by atoms with E-state index in [2.05, 4.69) is 20.8 Å². The van der Waals surface area contributed by atoms with Crippen LogP contribution in [0.1, 0.15) is 98.3 Å². The number of carboxylic acids is 2. The maximum absolute atomic E-state index is 13.4. The van der Waals surface area contributed by atoms with Crippen molar-refractivity contribution in [3.8, 4) is 0 Å². The van der Waals surface area contributed by atoms with E-state index in [-0.39, 0.29) is 25.7 Å². The molecule has 1 atom stereocenters. The maximum atomic E-state index is 13.4. The number of rotatable bonds is 13. The van der Waals surface area contributed by atoms with Crippen molar-refractivity contribution < 1.29 is 29.3 Å². The molecule has 1 unspecified atom stereocenters. The SMILES string of the molecule is CCCCCCC(CC)(C(=O)OCCC(C)C)C1(C(=O)O)CCC(C(=O)O)CC1. The van der Waals surface area contributed by atoms with Crippen LogP contribution in [0.4, 0.5) is 0 Å². The van der Waals surface area contributed by atoms with Crippen molar-refractivity contribution in [2.24, 2.45) is 22.7 Å². The van der Waals surface area contributed by atoms with Crippen molar-refractivity contribution >= 4 is 17.9 Å². The molecule has 0 bridgehead atoms. The molecule has 0 radical (unpaired) electrons. The summed E-state index contributed by atoms with van der Waals surface area (Å²) in [4.78, 5) is 37.3. The van der Waals surface area contributed by atoms with E-state index in [1.165, 1.54) is 0 Å². The highest BCUT2D eigenvalue weighted by Gasteiger charge is 2.61.